The van der Waals surface area contributed by atoms with Gasteiger partial charge in [-0.05, 0) is 19.0 Å². The van der Waals surface area contributed by atoms with Gasteiger partial charge in [0.15, 0.2) is 0 Å². The van der Waals surface area contributed by atoms with Crippen molar-refractivity contribution in [2.24, 2.45) is 11.8 Å². The monoisotopic (exact) mass is 187 g/mol. The Balaban J connectivity index is 4.47. The number of carbonyl (C=O) groups excluding carboxylic acids is 1. The number of hydrazine groups is 1. The molecule has 13 heavy (non-hydrogen) atoms. The van der Waals surface area contributed by atoms with Crippen molar-refractivity contribution in [3.05, 3.63) is 0 Å². The van der Waals surface area contributed by atoms with E-state index in [1.54, 1.807) is 0 Å². The van der Waals surface area contributed by atoms with E-state index in [9.17, 15) is 4.79 Å². The van der Waals surface area contributed by atoms with Crippen LogP contribution in [0.15, 0.2) is 0 Å². The standard InChI is InChI=1S/C9H21N3O/c1-5-12(6-2)8(7(3)4)9(13)11-10/h7-8H,5-6,10H2,1-4H3,(H,11,13)/t8-/m1/s1. The molecule has 78 valence electrons. The van der Waals surface area contributed by atoms with Crippen LogP contribution in [0.5, 0.6) is 0 Å². The van der Waals surface area contributed by atoms with Gasteiger partial charge in [0.1, 0.15) is 0 Å². The molecule has 0 unspecified atom stereocenters. The van der Waals surface area contributed by atoms with Gasteiger partial charge in [0.2, 0.25) is 0 Å². The van der Waals surface area contributed by atoms with Gasteiger partial charge in [-0.3, -0.25) is 15.1 Å². The molecule has 1 amide bonds. The van der Waals surface area contributed by atoms with Crippen molar-refractivity contribution in [1.29, 1.82) is 0 Å². The van der Waals surface area contributed by atoms with Crippen LogP contribution in [-0.4, -0.2) is 29.9 Å². The number of amides is 1. The minimum Gasteiger partial charge on any atom is -0.293 e. The normalized spacial score (nSPS) is 13.5. The summed E-state index contributed by atoms with van der Waals surface area (Å²) in [5.74, 6) is 5.31. The molecular weight excluding hydrogens is 166 g/mol. The molecule has 0 radical (unpaired) electrons. The molecule has 3 N–H and O–H groups in total. The number of hydrogen-bond donors (Lipinski definition) is 2. The summed E-state index contributed by atoms with van der Waals surface area (Å²) >= 11 is 0. The first kappa shape index (κ1) is 12.4. The molecule has 0 aromatic carbocycles. The van der Waals surface area contributed by atoms with Crippen molar-refractivity contribution in [3.63, 3.8) is 0 Å². The summed E-state index contributed by atoms with van der Waals surface area (Å²) in [6, 6.07) is -0.111. The Labute approximate surface area is 80.4 Å². The van der Waals surface area contributed by atoms with Crippen molar-refractivity contribution in [3.8, 4) is 0 Å². The molecule has 0 aliphatic rings. The highest BCUT2D eigenvalue weighted by Crippen LogP contribution is 2.10. The number of nitrogens with zero attached hydrogens (tertiary/aromatic N) is 1. The average Bonchev–Trinajstić information content (AvgIpc) is 2.12. The lowest BCUT2D eigenvalue weighted by Crippen LogP contribution is -2.51. The predicted molar refractivity (Wildman–Crippen MR) is 53.9 cm³/mol. The van der Waals surface area contributed by atoms with Crippen molar-refractivity contribution >= 4 is 5.91 Å². The maximum absolute atomic E-state index is 11.4. The zero-order valence-corrected chi connectivity index (χ0v) is 9.00. The molecule has 0 aliphatic carbocycles. The lowest BCUT2D eigenvalue weighted by Gasteiger charge is -2.30. The molecule has 1 atom stereocenters. The Bertz CT molecular complexity index is 155. The third-order valence-corrected chi connectivity index (χ3v) is 2.25. The highest BCUT2D eigenvalue weighted by atomic mass is 16.2. The van der Waals surface area contributed by atoms with Gasteiger partial charge in [-0.25, -0.2) is 5.84 Å². The van der Waals surface area contributed by atoms with Gasteiger partial charge in [-0.2, -0.15) is 0 Å². The highest BCUT2D eigenvalue weighted by molar-refractivity contribution is 5.81. The third kappa shape index (κ3) is 3.32. The van der Waals surface area contributed by atoms with E-state index < -0.39 is 0 Å². The van der Waals surface area contributed by atoms with E-state index in [4.69, 9.17) is 5.84 Å². The van der Waals surface area contributed by atoms with Crippen LogP contribution in [0, 0.1) is 5.92 Å². The number of likely N-dealkylation sites (N-methyl/N-ethyl adjacent to an activating group) is 1. The van der Waals surface area contributed by atoms with Crippen molar-refractivity contribution in [2.45, 2.75) is 33.7 Å². The first-order valence-electron chi connectivity index (χ1n) is 4.82. The van der Waals surface area contributed by atoms with Gasteiger partial charge in [0, 0.05) is 0 Å². The van der Waals surface area contributed by atoms with E-state index in [0.29, 0.717) is 0 Å². The second kappa shape index (κ2) is 5.94. The highest BCUT2D eigenvalue weighted by Gasteiger charge is 2.26. The van der Waals surface area contributed by atoms with Crippen LogP contribution in [0.1, 0.15) is 27.7 Å². The molecule has 0 aromatic heterocycles. The van der Waals surface area contributed by atoms with Crippen LogP contribution in [0.2, 0.25) is 0 Å². The lowest BCUT2D eigenvalue weighted by molar-refractivity contribution is -0.128. The first-order valence-corrected chi connectivity index (χ1v) is 4.82. The summed E-state index contributed by atoms with van der Waals surface area (Å²) in [4.78, 5) is 13.5. The molecule has 0 rings (SSSR count). The number of nitrogens with two attached hydrogens (primary N) is 1. The molecule has 0 fully saturated rings. The molecule has 4 heteroatoms. The molecule has 4 nitrogen and oxygen atoms in total. The van der Waals surface area contributed by atoms with Crippen molar-refractivity contribution < 1.29 is 4.79 Å². The molecule has 0 heterocycles. The Morgan fingerprint density at radius 1 is 1.38 bits per heavy atom. The maximum Gasteiger partial charge on any atom is 0.251 e. The summed E-state index contributed by atoms with van der Waals surface area (Å²) in [7, 11) is 0. The first-order chi connectivity index (χ1) is 6.08. The smallest absolute Gasteiger partial charge is 0.251 e. The van der Waals surface area contributed by atoms with Gasteiger partial charge >= 0.3 is 0 Å². The molecule has 0 saturated heterocycles. The molecule has 0 aliphatic heterocycles. The van der Waals surface area contributed by atoms with Crippen LogP contribution in [0.25, 0.3) is 0 Å². The fourth-order valence-electron chi connectivity index (χ4n) is 1.59. The Morgan fingerprint density at radius 2 is 1.85 bits per heavy atom. The second-order valence-electron chi connectivity index (χ2n) is 3.42. The van der Waals surface area contributed by atoms with E-state index >= 15 is 0 Å². The fourth-order valence-corrected chi connectivity index (χ4v) is 1.59. The van der Waals surface area contributed by atoms with E-state index in [0.717, 1.165) is 13.1 Å². The summed E-state index contributed by atoms with van der Waals surface area (Å²) in [5.41, 5.74) is 2.21. The third-order valence-electron chi connectivity index (χ3n) is 2.25. The van der Waals surface area contributed by atoms with Crippen LogP contribution in [-0.2, 0) is 4.79 Å². The summed E-state index contributed by atoms with van der Waals surface area (Å²) in [6.45, 7) is 9.88. The van der Waals surface area contributed by atoms with Gasteiger partial charge < -0.3 is 0 Å². The second-order valence-corrected chi connectivity index (χ2v) is 3.42. The SMILES string of the molecule is CCN(CC)[C@@H](C(=O)NN)C(C)C. The van der Waals surface area contributed by atoms with E-state index in [1.165, 1.54) is 0 Å². The Morgan fingerprint density at radius 3 is 2.08 bits per heavy atom. The average molecular weight is 187 g/mol. The zero-order valence-electron chi connectivity index (χ0n) is 9.00. The quantitative estimate of drug-likeness (QED) is 0.371. The molecule has 0 spiro atoms. The lowest BCUT2D eigenvalue weighted by atomic mass is 10.0. The molecule has 0 saturated carbocycles. The van der Waals surface area contributed by atoms with Gasteiger partial charge in [0.05, 0.1) is 6.04 Å². The Hall–Kier alpha value is -0.610. The van der Waals surface area contributed by atoms with Gasteiger partial charge in [-0.15, -0.1) is 0 Å². The number of nitrogens with one attached hydrogen (secondary N) is 1. The van der Waals surface area contributed by atoms with Gasteiger partial charge in [0.25, 0.3) is 5.91 Å². The molecule has 0 bridgehead atoms. The number of rotatable bonds is 5. The van der Waals surface area contributed by atoms with E-state index in [2.05, 4.69) is 10.3 Å². The minimum atomic E-state index is -0.111. The largest absolute Gasteiger partial charge is 0.293 e. The number of carbonyl (C=O) groups is 1. The summed E-state index contributed by atoms with van der Waals surface area (Å²) in [6.07, 6.45) is 0. The zero-order chi connectivity index (χ0) is 10.4. The van der Waals surface area contributed by atoms with E-state index in [-0.39, 0.29) is 17.9 Å². The van der Waals surface area contributed by atoms with Crippen LogP contribution < -0.4 is 11.3 Å². The molecule has 0 aromatic rings. The van der Waals surface area contributed by atoms with E-state index in [1.807, 2.05) is 27.7 Å². The topological polar surface area (TPSA) is 58.4 Å². The fraction of sp³-hybridized carbons (Fsp3) is 0.889. The van der Waals surface area contributed by atoms with Gasteiger partial charge in [-0.1, -0.05) is 27.7 Å². The molecular formula is C9H21N3O. The summed E-state index contributed by atoms with van der Waals surface area (Å²) < 4.78 is 0. The van der Waals surface area contributed by atoms with Crippen LogP contribution >= 0.6 is 0 Å². The van der Waals surface area contributed by atoms with Crippen molar-refractivity contribution in [2.75, 3.05) is 13.1 Å². The Kier molecular flexibility index (Phi) is 5.66. The summed E-state index contributed by atoms with van der Waals surface area (Å²) in [5, 5.41) is 0. The minimum absolute atomic E-state index is 0.0984. The maximum atomic E-state index is 11.4. The predicted octanol–water partition coefficient (Wildman–Crippen LogP) is 0.343. The van der Waals surface area contributed by atoms with Crippen LogP contribution in [0.4, 0.5) is 0 Å². The van der Waals surface area contributed by atoms with Crippen molar-refractivity contribution in [1.82, 2.24) is 10.3 Å². The van der Waals surface area contributed by atoms with Crippen LogP contribution in [0.3, 0.4) is 0 Å². The number of hydrogen-bond acceptors (Lipinski definition) is 3.